The van der Waals surface area contributed by atoms with Crippen LogP contribution in [0, 0.1) is 16.7 Å². The monoisotopic (exact) mass is 268 g/mol. The Morgan fingerprint density at radius 2 is 2.24 bits per heavy atom. The lowest BCUT2D eigenvalue weighted by Gasteiger charge is -2.11. The van der Waals surface area contributed by atoms with Crippen LogP contribution in [-0.4, -0.2) is 9.96 Å². The lowest BCUT2D eigenvalue weighted by Crippen LogP contribution is -2.13. The molecule has 5 heteroatoms. The van der Waals surface area contributed by atoms with Gasteiger partial charge in [0.25, 0.3) is 0 Å². The van der Waals surface area contributed by atoms with Gasteiger partial charge in [-0.3, -0.25) is 4.21 Å². The minimum atomic E-state index is -1.15. The predicted molar refractivity (Wildman–Crippen MR) is 69.0 cm³/mol. The fourth-order valence-corrected chi connectivity index (χ4v) is 3.62. The zero-order valence-electron chi connectivity index (χ0n) is 9.28. The van der Waals surface area contributed by atoms with Crippen molar-refractivity contribution in [3.63, 3.8) is 0 Å². The van der Waals surface area contributed by atoms with Crippen LogP contribution in [0.25, 0.3) is 0 Å². The summed E-state index contributed by atoms with van der Waals surface area (Å²) in [4.78, 5) is 0.624. The molecule has 2 rings (SSSR count). The van der Waals surface area contributed by atoms with Crippen LogP contribution in [0.15, 0.2) is 23.1 Å². The maximum Gasteiger partial charge on any atom is 0.0627 e. The quantitative estimate of drug-likeness (QED) is 0.854. The first-order valence-electron chi connectivity index (χ1n) is 5.37. The second kappa shape index (κ2) is 4.67. The summed E-state index contributed by atoms with van der Waals surface area (Å²) in [5, 5.41) is 9.27. The van der Waals surface area contributed by atoms with Gasteiger partial charge in [-0.25, -0.2) is 0 Å². The normalized spacial score (nSPS) is 18.4. The van der Waals surface area contributed by atoms with Crippen LogP contribution in [0.4, 0.5) is 5.69 Å². The van der Waals surface area contributed by atoms with Gasteiger partial charge in [0.1, 0.15) is 0 Å². The van der Waals surface area contributed by atoms with Crippen LogP contribution < -0.4 is 5.73 Å². The van der Waals surface area contributed by atoms with E-state index in [1.165, 1.54) is 0 Å². The third-order valence-corrected chi connectivity index (χ3v) is 5.04. The molecule has 3 nitrogen and oxygen atoms in total. The summed E-state index contributed by atoms with van der Waals surface area (Å²) in [7, 11) is -1.15. The maximum atomic E-state index is 12.2. The smallest absolute Gasteiger partial charge is 0.0627 e. The second-order valence-corrected chi connectivity index (χ2v) is 6.36. The molecule has 0 heterocycles. The molecule has 1 unspecified atom stereocenters. The number of anilines is 1. The molecule has 0 amide bonds. The average molecular weight is 269 g/mol. The first kappa shape index (κ1) is 12.4. The fraction of sp³-hybridized carbons (Fsp3) is 0.417. The zero-order chi connectivity index (χ0) is 12.5. The number of hydrogen-bond donors (Lipinski definition) is 1. The minimum Gasteiger partial charge on any atom is -0.398 e. The Morgan fingerprint density at radius 1 is 1.53 bits per heavy atom. The van der Waals surface area contributed by atoms with Crippen molar-refractivity contribution in [1.82, 2.24) is 0 Å². The van der Waals surface area contributed by atoms with Gasteiger partial charge in [0, 0.05) is 22.9 Å². The molecule has 1 saturated carbocycles. The van der Waals surface area contributed by atoms with E-state index in [-0.39, 0.29) is 5.41 Å². The Balaban J connectivity index is 2.13. The molecule has 0 saturated heterocycles. The number of nitrogens with zero attached hydrogens (tertiary/aromatic N) is 1. The van der Waals surface area contributed by atoms with E-state index >= 15 is 0 Å². The standard InChI is InChI=1S/C12H13ClN2OS/c13-9-1-2-11(10(15)7-9)17(16)8-12(3-4-12)5-6-14/h1-2,7H,3-5,8,15H2. The van der Waals surface area contributed by atoms with E-state index in [4.69, 9.17) is 22.6 Å². The Kier molecular flexibility index (Phi) is 3.41. The Morgan fingerprint density at radius 3 is 2.76 bits per heavy atom. The molecular weight excluding hydrogens is 256 g/mol. The Hall–Kier alpha value is -1.05. The molecule has 1 aliphatic rings. The minimum absolute atomic E-state index is 0.0360. The number of benzene rings is 1. The molecule has 0 radical (unpaired) electrons. The molecule has 90 valence electrons. The SMILES string of the molecule is N#CCC1(CS(=O)c2ccc(Cl)cc2N)CC1. The summed E-state index contributed by atoms with van der Waals surface area (Å²) < 4.78 is 12.2. The van der Waals surface area contributed by atoms with Crippen LogP contribution in [0.5, 0.6) is 0 Å². The fourth-order valence-electron chi connectivity index (χ4n) is 1.80. The summed E-state index contributed by atoms with van der Waals surface area (Å²) in [6.07, 6.45) is 2.45. The highest BCUT2D eigenvalue weighted by Gasteiger charge is 2.44. The van der Waals surface area contributed by atoms with Crippen molar-refractivity contribution < 1.29 is 4.21 Å². The lowest BCUT2D eigenvalue weighted by molar-refractivity contribution is 0.587. The predicted octanol–water partition coefficient (Wildman–Crippen LogP) is 2.72. The highest BCUT2D eigenvalue weighted by atomic mass is 35.5. The van der Waals surface area contributed by atoms with Crippen LogP contribution in [-0.2, 0) is 10.8 Å². The molecule has 0 aromatic heterocycles. The molecular formula is C12H13ClN2OS. The van der Waals surface area contributed by atoms with Crippen LogP contribution in [0.1, 0.15) is 19.3 Å². The first-order chi connectivity index (χ1) is 8.06. The third kappa shape index (κ3) is 2.80. The van der Waals surface area contributed by atoms with E-state index in [1.807, 2.05) is 0 Å². The summed E-state index contributed by atoms with van der Waals surface area (Å²) in [5.74, 6) is 0.520. The molecule has 0 spiro atoms. The first-order valence-corrected chi connectivity index (χ1v) is 7.06. The molecule has 17 heavy (non-hydrogen) atoms. The number of nitrogen functional groups attached to an aromatic ring is 1. The van der Waals surface area contributed by atoms with Gasteiger partial charge >= 0.3 is 0 Å². The van der Waals surface area contributed by atoms with Gasteiger partial charge in [-0.2, -0.15) is 5.26 Å². The van der Waals surface area contributed by atoms with Crippen molar-refractivity contribution in [3.8, 4) is 6.07 Å². The molecule has 0 aliphatic heterocycles. The number of rotatable bonds is 4. The highest BCUT2D eigenvalue weighted by Crippen LogP contribution is 2.49. The van der Waals surface area contributed by atoms with Crippen molar-refractivity contribution in [2.75, 3.05) is 11.5 Å². The van der Waals surface area contributed by atoms with Crippen molar-refractivity contribution in [1.29, 1.82) is 5.26 Å². The number of nitrogens with two attached hydrogens (primary N) is 1. The van der Waals surface area contributed by atoms with Crippen molar-refractivity contribution >= 4 is 28.1 Å². The third-order valence-electron chi connectivity index (χ3n) is 3.07. The molecule has 0 bridgehead atoms. The van der Waals surface area contributed by atoms with E-state index in [0.717, 1.165) is 12.8 Å². The molecule has 1 aromatic carbocycles. The number of halogens is 1. The van der Waals surface area contributed by atoms with Gasteiger partial charge in [-0.15, -0.1) is 0 Å². The van der Waals surface area contributed by atoms with Crippen LogP contribution >= 0.6 is 11.6 Å². The molecule has 1 aromatic rings. The maximum absolute atomic E-state index is 12.2. The largest absolute Gasteiger partial charge is 0.398 e. The van der Waals surface area contributed by atoms with Gasteiger partial charge in [-0.1, -0.05) is 11.6 Å². The lowest BCUT2D eigenvalue weighted by atomic mass is 10.1. The van der Waals surface area contributed by atoms with Gasteiger partial charge in [0.05, 0.1) is 21.8 Å². The van der Waals surface area contributed by atoms with E-state index in [9.17, 15) is 4.21 Å². The van der Waals surface area contributed by atoms with E-state index in [0.29, 0.717) is 27.8 Å². The van der Waals surface area contributed by atoms with Gasteiger partial charge < -0.3 is 5.73 Å². The van der Waals surface area contributed by atoms with Crippen molar-refractivity contribution in [3.05, 3.63) is 23.2 Å². The summed E-state index contributed by atoms with van der Waals surface area (Å²) >= 11 is 5.79. The summed E-state index contributed by atoms with van der Waals surface area (Å²) in [5.41, 5.74) is 6.22. The van der Waals surface area contributed by atoms with Gasteiger partial charge in [0.15, 0.2) is 0 Å². The second-order valence-electron chi connectivity index (χ2n) is 4.51. The molecule has 2 N–H and O–H groups in total. The summed E-state index contributed by atoms with van der Waals surface area (Å²) in [6.45, 7) is 0. The average Bonchev–Trinajstić information content (AvgIpc) is 2.97. The highest BCUT2D eigenvalue weighted by molar-refractivity contribution is 7.85. The van der Waals surface area contributed by atoms with E-state index < -0.39 is 10.8 Å². The summed E-state index contributed by atoms with van der Waals surface area (Å²) in [6, 6.07) is 7.17. The number of nitriles is 1. The molecule has 1 fully saturated rings. The van der Waals surface area contributed by atoms with E-state index in [1.54, 1.807) is 18.2 Å². The van der Waals surface area contributed by atoms with Crippen molar-refractivity contribution in [2.45, 2.75) is 24.2 Å². The molecule has 1 aliphatic carbocycles. The molecule has 1 atom stereocenters. The number of hydrogen-bond acceptors (Lipinski definition) is 3. The Bertz CT molecular complexity index is 506. The van der Waals surface area contributed by atoms with Gasteiger partial charge in [-0.05, 0) is 36.5 Å². The van der Waals surface area contributed by atoms with E-state index in [2.05, 4.69) is 6.07 Å². The Labute approximate surface area is 108 Å². The zero-order valence-corrected chi connectivity index (χ0v) is 10.9. The van der Waals surface area contributed by atoms with Crippen molar-refractivity contribution in [2.24, 2.45) is 5.41 Å². The topological polar surface area (TPSA) is 66.9 Å². The van der Waals surface area contributed by atoms with Crippen LogP contribution in [0.3, 0.4) is 0 Å². The van der Waals surface area contributed by atoms with Gasteiger partial charge in [0.2, 0.25) is 0 Å². The van der Waals surface area contributed by atoms with Crippen LogP contribution in [0.2, 0.25) is 5.02 Å².